The van der Waals surface area contributed by atoms with Gasteiger partial charge in [0.15, 0.2) is 5.82 Å². The number of nitrogens with two attached hydrogens (primary N) is 1. The molecule has 0 saturated heterocycles. The summed E-state index contributed by atoms with van der Waals surface area (Å²) in [5, 5.41) is 3.86. The van der Waals surface area contributed by atoms with E-state index in [1.54, 1.807) is 0 Å². The van der Waals surface area contributed by atoms with E-state index in [0.717, 1.165) is 12.8 Å². The summed E-state index contributed by atoms with van der Waals surface area (Å²) in [5.41, 5.74) is 5.96. The fraction of sp³-hybridized carbons (Fsp3) is 0.778. The number of nitrogens with zero attached hydrogens (tertiary/aromatic N) is 2. The fourth-order valence-electron chi connectivity index (χ4n) is 2.34. The van der Waals surface area contributed by atoms with Gasteiger partial charge in [-0.05, 0) is 18.8 Å². The van der Waals surface area contributed by atoms with Crippen molar-refractivity contribution in [3.05, 3.63) is 12.2 Å². The van der Waals surface area contributed by atoms with Crippen LogP contribution in [0, 0.1) is 5.92 Å². The fourth-order valence-corrected chi connectivity index (χ4v) is 2.34. The van der Waals surface area contributed by atoms with E-state index < -0.39 is 0 Å². The van der Waals surface area contributed by atoms with Crippen molar-refractivity contribution in [3.63, 3.8) is 0 Å². The summed E-state index contributed by atoms with van der Waals surface area (Å²) in [6.07, 6.45) is 5.77. The maximum Gasteiger partial charge on any atom is 0.213 e. The second-order valence-electron chi connectivity index (χ2n) is 3.79. The maximum atomic E-state index is 6.29. The van der Waals surface area contributed by atoms with Crippen LogP contribution in [0.4, 0.5) is 0 Å². The van der Waals surface area contributed by atoms with Crippen LogP contribution in [0.25, 0.3) is 0 Å². The van der Waals surface area contributed by atoms with Crippen LogP contribution in [0.2, 0.25) is 0 Å². The van der Waals surface area contributed by atoms with Crippen molar-refractivity contribution in [1.29, 1.82) is 0 Å². The molecule has 1 aromatic rings. The Hall–Kier alpha value is -0.900. The van der Waals surface area contributed by atoms with E-state index in [9.17, 15) is 0 Å². The first-order valence-corrected chi connectivity index (χ1v) is 4.83. The van der Waals surface area contributed by atoms with E-state index in [4.69, 9.17) is 10.3 Å². The van der Waals surface area contributed by atoms with Gasteiger partial charge in [-0.25, -0.2) is 0 Å². The molecular formula is C9H15N3O. The van der Waals surface area contributed by atoms with Crippen LogP contribution >= 0.6 is 0 Å². The van der Waals surface area contributed by atoms with E-state index in [2.05, 4.69) is 17.1 Å². The van der Waals surface area contributed by atoms with Gasteiger partial charge < -0.3 is 10.3 Å². The second-order valence-corrected chi connectivity index (χ2v) is 3.79. The van der Waals surface area contributed by atoms with Crippen molar-refractivity contribution >= 4 is 0 Å². The molecule has 4 heteroatoms. The minimum absolute atomic E-state index is 0.332. The predicted octanol–water partition coefficient (Wildman–Crippen LogP) is 1.43. The molecule has 1 aromatic heterocycles. The average Bonchev–Trinajstić information content (AvgIpc) is 2.72. The third-order valence-corrected chi connectivity index (χ3v) is 3.14. The van der Waals surface area contributed by atoms with Gasteiger partial charge in [0, 0.05) is 0 Å². The summed E-state index contributed by atoms with van der Waals surface area (Å²) >= 11 is 0. The smallest absolute Gasteiger partial charge is 0.213 e. The Balaban J connectivity index is 2.29. The molecule has 0 bridgehead atoms. The van der Waals surface area contributed by atoms with Crippen molar-refractivity contribution in [3.8, 4) is 0 Å². The summed E-state index contributed by atoms with van der Waals surface area (Å²) in [6.45, 7) is 2.16. The van der Waals surface area contributed by atoms with Gasteiger partial charge in [0.2, 0.25) is 6.39 Å². The molecule has 72 valence electrons. The van der Waals surface area contributed by atoms with Crippen LogP contribution in [0.3, 0.4) is 0 Å². The number of hydrogen-bond donors (Lipinski definition) is 1. The van der Waals surface area contributed by atoms with E-state index in [0.29, 0.717) is 11.7 Å². The molecule has 2 unspecified atom stereocenters. The molecule has 0 aliphatic heterocycles. The van der Waals surface area contributed by atoms with Gasteiger partial charge in [-0.3, -0.25) is 0 Å². The highest BCUT2D eigenvalue weighted by atomic mass is 16.5. The summed E-state index contributed by atoms with van der Waals surface area (Å²) in [5.74, 6) is 1.18. The van der Waals surface area contributed by atoms with Crippen molar-refractivity contribution in [2.75, 3.05) is 0 Å². The van der Waals surface area contributed by atoms with Crippen LogP contribution in [0.15, 0.2) is 10.9 Å². The van der Waals surface area contributed by atoms with Crippen molar-refractivity contribution in [2.45, 2.75) is 38.1 Å². The Bertz CT molecular complexity index is 272. The van der Waals surface area contributed by atoms with E-state index in [1.165, 1.54) is 19.2 Å². The standard InChI is InChI=1S/C9H15N3O/c1-2-7-4-3-5-9(7,10)8-11-6-13-12-8/h6-7H,2-5,10H2,1H3. The Morgan fingerprint density at radius 2 is 2.62 bits per heavy atom. The molecule has 0 amide bonds. The van der Waals surface area contributed by atoms with Crippen molar-refractivity contribution in [2.24, 2.45) is 11.7 Å². The third-order valence-electron chi connectivity index (χ3n) is 3.14. The van der Waals surface area contributed by atoms with E-state index in [-0.39, 0.29) is 5.54 Å². The zero-order valence-corrected chi connectivity index (χ0v) is 7.86. The lowest BCUT2D eigenvalue weighted by atomic mass is 9.85. The quantitative estimate of drug-likeness (QED) is 0.749. The van der Waals surface area contributed by atoms with Gasteiger partial charge in [0.1, 0.15) is 0 Å². The van der Waals surface area contributed by atoms with Crippen molar-refractivity contribution < 1.29 is 4.52 Å². The minimum Gasteiger partial charge on any atom is -0.343 e. The second kappa shape index (κ2) is 3.10. The maximum absolute atomic E-state index is 6.29. The molecule has 0 aromatic carbocycles. The Morgan fingerprint density at radius 3 is 3.23 bits per heavy atom. The largest absolute Gasteiger partial charge is 0.343 e. The molecule has 4 nitrogen and oxygen atoms in total. The molecule has 1 heterocycles. The Labute approximate surface area is 77.5 Å². The number of aromatic nitrogens is 2. The highest BCUT2D eigenvalue weighted by Crippen LogP contribution is 2.41. The molecule has 1 saturated carbocycles. The molecule has 2 atom stereocenters. The molecule has 1 aliphatic rings. The minimum atomic E-state index is -0.332. The van der Waals surface area contributed by atoms with Crippen LogP contribution in [-0.2, 0) is 5.54 Å². The molecule has 0 spiro atoms. The van der Waals surface area contributed by atoms with Crippen LogP contribution in [0.1, 0.15) is 38.4 Å². The van der Waals surface area contributed by atoms with Gasteiger partial charge in [0.25, 0.3) is 0 Å². The van der Waals surface area contributed by atoms with Gasteiger partial charge in [-0.1, -0.05) is 24.9 Å². The number of hydrogen-bond acceptors (Lipinski definition) is 4. The first-order chi connectivity index (χ1) is 6.27. The SMILES string of the molecule is CCC1CCCC1(N)c1ncon1. The predicted molar refractivity (Wildman–Crippen MR) is 47.8 cm³/mol. The van der Waals surface area contributed by atoms with Gasteiger partial charge in [-0.2, -0.15) is 4.98 Å². The zero-order chi connectivity index (χ0) is 9.31. The zero-order valence-electron chi connectivity index (χ0n) is 7.86. The molecular weight excluding hydrogens is 166 g/mol. The summed E-state index contributed by atoms with van der Waals surface area (Å²) in [7, 11) is 0. The van der Waals surface area contributed by atoms with E-state index >= 15 is 0 Å². The Morgan fingerprint density at radius 1 is 1.77 bits per heavy atom. The first-order valence-electron chi connectivity index (χ1n) is 4.83. The van der Waals surface area contributed by atoms with Crippen LogP contribution in [-0.4, -0.2) is 10.1 Å². The molecule has 1 fully saturated rings. The molecule has 0 radical (unpaired) electrons. The average molecular weight is 181 g/mol. The third kappa shape index (κ3) is 1.25. The lowest BCUT2D eigenvalue weighted by Gasteiger charge is -2.26. The molecule has 2 N–H and O–H groups in total. The highest BCUT2D eigenvalue weighted by Gasteiger charge is 2.42. The van der Waals surface area contributed by atoms with Gasteiger partial charge in [-0.15, -0.1) is 0 Å². The summed E-state index contributed by atoms with van der Waals surface area (Å²) in [4.78, 5) is 4.07. The lowest BCUT2D eigenvalue weighted by Crippen LogP contribution is -2.41. The van der Waals surface area contributed by atoms with Gasteiger partial charge in [0.05, 0.1) is 5.54 Å². The molecule has 13 heavy (non-hydrogen) atoms. The van der Waals surface area contributed by atoms with Gasteiger partial charge >= 0.3 is 0 Å². The van der Waals surface area contributed by atoms with Crippen LogP contribution in [0.5, 0.6) is 0 Å². The van der Waals surface area contributed by atoms with Crippen LogP contribution < -0.4 is 5.73 Å². The molecule has 2 rings (SSSR count). The Kier molecular flexibility index (Phi) is 2.07. The summed E-state index contributed by atoms with van der Waals surface area (Å²) < 4.78 is 4.74. The molecule has 1 aliphatic carbocycles. The number of rotatable bonds is 2. The lowest BCUT2D eigenvalue weighted by molar-refractivity contribution is 0.284. The first kappa shape index (κ1) is 8.69. The van der Waals surface area contributed by atoms with Crippen molar-refractivity contribution in [1.82, 2.24) is 10.1 Å². The normalized spacial score (nSPS) is 33.8. The van der Waals surface area contributed by atoms with E-state index in [1.807, 2.05) is 0 Å². The monoisotopic (exact) mass is 181 g/mol. The summed E-state index contributed by atoms with van der Waals surface area (Å²) in [6, 6.07) is 0. The highest BCUT2D eigenvalue weighted by molar-refractivity contribution is 5.08. The topological polar surface area (TPSA) is 64.9 Å².